The zero-order chi connectivity index (χ0) is 10.2. The molecule has 15 heavy (non-hydrogen) atoms. The van der Waals surface area contributed by atoms with Gasteiger partial charge in [0.2, 0.25) is 0 Å². The number of methoxy groups -OCH3 is 1. The van der Waals surface area contributed by atoms with E-state index in [2.05, 4.69) is 24.4 Å². The van der Waals surface area contributed by atoms with Crippen LogP contribution in [0.3, 0.4) is 0 Å². The van der Waals surface area contributed by atoms with E-state index >= 15 is 0 Å². The fourth-order valence-corrected chi connectivity index (χ4v) is 1.32. The first-order valence-electron chi connectivity index (χ1n) is 5.20. The van der Waals surface area contributed by atoms with Gasteiger partial charge < -0.3 is 10.1 Å². The Hall–Kier alpha value is -0.730. The molecule has 1 aromatic carbocycles. The van der Waals surface area contributed by atoms with Gasteiger partial charge in [-0.1, -0.05) is 25.5 Å². The molecule has 3 heteroatoms. The van der Waals surface area contributed by atoms with E-state index < -0.39 is 0 Å². The van der Waals surface area contributed by atoms with Crippen molar-refractivity contribution in [2.75, 3.05) is 13.7 Å². The van der Waals surface area contributed by atoms with Crippen molar-refractivity contribution in [1.82, 2.24) is 5.32 Å². The highest BCUT2D eigenvalue weighted by Crippen LogP contribution is 2.11. The van der Waals surface area contributed by atoms with Crippen LogP contribution in [-0.4, -0.2) is 13.7 Å². The summed E-state index contributed by atoms with van der Waals surface area (Å²) in [5.41, 5.74) is 1.28. The van der Waals surface area contributed by atoms with Gasteiger partial charge in [-0.3, -0.25) is 0 Å². The monoisotopic (exact) mass is 229 g/mol. The van der Waals surface area contributed by atoms with Gasteiger partial charge >= 0.3 is 0 Å². The molecule has 0 aromatic heterocycles. The molecular formula is C12H20ClNO. The maximum atomic E-state index is 5.15. The number of halogens is 1. The molecule has 0 heterocycles. The summed E-state index contributed by atoms with van der Waals surface area (Å²) in [6.45, 7) is 4.22. The van der Waals surface area contributed by atoms with Gasteiger partial charge in [0.1, 0.15) is 5.75 Å². The lowest BCUT2D eigenvalue weighted by molar-refractivity contribution is 0.414. The fourth-order valence-electron chi connectivity index (χ4n) is 1.32. The van der Waals surface area contributed by atoms with Crippen LogP contribution in [0.15, 0.2) is 24.3 Å². The quantitative estimate of drug-likeness (QED) is 0.758. The van der Waals surface area contributed by atoms with Crippen LogP contribution in [0.4, 0.5) is 0 Å². The number of hydrogen-bond donors (Lipinski definition) is 1. The van der Waals surface area contributed by atoms with E-state index in [1.54, 1.807) is 7.11 Å². The molecule has 1 rings (SSSR count). The van der Waals surface area contributed by atoms with E-state index in [1.165, 1.54) is 18.4 Å². The molecule has 0 saturated carbocycles. The topological polar surface area (TPSA) is 21.3 Å². The average molecular weight is 230 g/mol. The minimum Gasteiger partial charge on any atom is -0.497 e. The average Bonchev–Trinajstić information content (AvgIpc) is 2.25. The van der Waals surface area contributed by atoms with Crippen LogP contribution in [-0.2, 0) is 6.54 Å². The van der Waals surface area contributed by atoms with Gasteiger partial charge in [-0.25, -0.2) is 0 Å². The molecular weight excluding hydrogens is 210 g/mol. The second-order valence-corrected chi connectivity index (χ2v) is 3.38. The lowest BCUT2D eigenvalue weighted by atomic mass is 10.2. The third kappa shape index (κ3) is 5.65. The summed E-state index contributed by atoms with van der Waals surface area (Å²) in [5.74, 6) is 0.930. The van der Waals surface area contributed by atoms with Crippen LogP contribution in [0, 0.1) is 0 Å². The fraction of sp³-hybridized carbons (Fsp3) is 0.500. The molecule has 0 aliphatic heterocycles. The van der Waals surface area contributed by atoms with Crippen LogP contribution >= 0.6 is 12.4 Å². The summed E-state index contributed by atoms with van der Waals surface area (Å²) in [6.07, 6.45) is 2.48. The first kappa shape index (κ1) is 14.3. The maximum absolute atomic E-state index is 5.15. The summed E-state index contributed by atoms with van der Waals surface area (Å²) < 4.78 is 5.15. The first-order valence-corrected chi connectivity index (χ1v) is 5.20. The van der Waals surface area contributed by atoms with Crippen LogP contribution < -0.4 is 10.1 Å². The van der Waals surface area contributed by atoms with Crippen molar-refractivity contribution < 1.29 is 4.74 Å². The molecule has 0 atom stereocenters. The molecule has 0 amide bonds. The summed E-state index contributed by atoms with van der Waals surface area (Å²) in [7, 11) is 1.70. The van der Waals surface area contributed by atoms with Gasteiger partial charge in [0.25, 0.3) is 0 Å². The smallest absolute Gasteiger partial charge is 0.119 e. The van der Waals surface area contributed by atoms with E-state index in [0.717, 1.165) is 18.8 Å². The van der Waals surface area contributed by atoms with Crippen LogP contribution in [0.2, 0.25) is 0 Å². The van der Waals surface area contributed by atoms with Crippen LogP contribution in [0.1, 0.15) is 25.3 Å². The van der Waals surface area contributed by atoms with E-state index in [1.807, 2.05) is 12.1 Å². The Morgan fingerprint density at radius 2 is 2.13 bits per heavy atom. The Bertz CT molecular complexity index is 266. The van der Waals surface area contributed by atoms with Crippen molar-refractivity contribution >= 4 is 12.4 Å². The van der Waals surface area contributed by atoms with Gasteiger partial charge in [0.05, 0.1) is 7.11 Å². The summed E-state index contributed by atoms with van der Waals surface area (Å²) in [4.78, 5) is 0. The van der Waals surface area contributed by atoms with Gasteiger partial charge in [-0.05, 0) is 30.7 Å². The predicted molar refractivity (Wildman–Crippen MR) is 66.9 cm³/mol. The number of hydrogen-bond acceptors (Lipinski definition) is 2. The lowest BCUT2D eigenvalue weighted by Crippen LogP contribution is -2.14. The van der Waals surface area contributed by atoms with E-state index in [-0.39, 0.29) is 12.4 Å². The van der Waals surface area contributed by atoms with Gasteiger partial charge in [-0.2, -0.15) is 0 Å². The molecule has 1 aromatic rings. The molecule has 0 saturated heterocycles. The second-order valence-electron chi connectivity index (χ2n) is 3.38. The van der Waals surface area contributed by atoms with E-state index in [4.69, 9.17) is 4.74 Å². The molecule has 0 spiro atoms. The SMILES string of the molecule is CCCCNCc1cccc(OC)c1.Cl. The Kier molecular flexibility index (Phi) is 8.15. The van der Waals surface area contributed by atoms with E-state index in [0.29, 0.717) is 0 Å². The lowest BCUT2D eigenvalue weighted by Gasteiger charge is -2.05. The molecule has 0 bridgehead atoms. The normalized spacial score (nSPS) is 9.47. The van der Waals surface area contributed by atoms with Gasteiger partial charge in [0, 0.05) is 6.54 Å². The Balaban J connectivity index is 0.00000196. The summed E-state index contributed by atoms with van der Waals surface area (Å²) in [6, 6.07) is 8.17. The molecule has 86 valence electrons. The highest BCUT2D eigenvalue weighted by molar-refractivity contribution is 5.85. The number of unbranched alkanes of at least 4 members (excludes halogenated alkanes) is 1. The third-order valence-corrected chi connectivity index (χ3v) is 2.17. The van der Waals surface area contributed by atoms with Crippen molar-refractivity contribution in [2.45, 2.75) is 26.3 Å². The molecule has 0 aliphatic carbocycles. The third-order valence-electron chi connectivity index (χ3n) is 2.17. The summed E-state index contributed by atoms with van der Waals surface area (Å²) >= 11 is 0. The van der Waals surface area contributed by atoms with Crippen molar-refractivity contribution in [3.8, 4) is 5.75 Å². The first-order chi connectivity index (χ1) is 6.86. The van der Waals surface area contributed by atoms with Crippen molar-refractivity contribution in [3.63, 3.8) is 0 Å². The standard InChI is InChI=1S/C12H19NO.ClH/c1-3-4-8-13-10-11-6-5-7-12(9-11)14-2;/h5-7,9,13H,3-4,8,10H2,1-2H3;1H. The zero-order valence-electron chi connectivity index (χ0n) is 9.45. The molecule has 0 radical (unpaired) electrons. The molecule has 0 unspecified atom stereocenters. The Morgan fingerprint density at radius 3 is 2.80 bits per heavy atom. The predicted octanol–water partition coefficient (Wildman–Crippen LogP) is 3.01. The van der Waals surface area contributed by atoms with Crippen LogP contribution in [0.25, 0.3) is 0 Å². The Labute approximate surface area is 98.4 Å². The minimum absolute atomic E-state index is 0. The number of ether oxygens (including phenoxy) is 1. The largest absolute Gasteiger partial charge is 0.497 e. The molecule has 1 N–H and O–H groups in total. The van der Waals surface area contributed by atoms with Crippen molar-refractivity contribution in [2.24, 2.45) is 0 Å². The number of rotatable bonds is 6. The highest BCUT2D eigenvalue weighted by atomic mass is 35.5. The second kappa shape index (κ2) is 8.57. The Morgan fingerprint density at radius 1 is 1.33 bits per heavy atom. The molecule has 0 fully saturated rings. The van der Waals surface area contributed by atoms with Crippen LogP contribution in [0.5, 0.6) is 5.75 Å². The number of benzene rings is 1. The summed E-state index contributed by atoms with van der Waals surface area (Å²) in [5, 5.41) is 3.40. The zero-order valence-corrected chi connectivity index (χ0v) is 10.3. The molecule has 2 nitrogen and oxygen atoms in total. The maximum Gasteiger partial charge on any atom is 0.119 e. The highest BCUT2D eigenvalue weighted by Gasteiger charge is 1.94. The number of nitrogens with one attached hydrogen (secondary N) is 1. The van der Waals surface area contributed by atoms with Crippen molar-refractivity contribution in [3.05, 3.63) is 29.8 Å². The van der Waals surface area contributed by atoms with E-state index in [9.17, 15) is 0 Å². The minimum atomic E-state index is 0. The van der Waals surface area contributed by atoms with Gasteiger partial charge in [0.15, 0.2) is 0 Å². The van der Waals surface area contributed by atoms with Crippen molar-refractivity contribution in [1.29, 1.82) is 0 Å². The molecule has 0 aliphatic rings. The van der Waals surface area contributed by atoms with Gasteiger partial charge in [-0.15, -0.1) is 12.4 Å².